The van der Waals surface area contributed by atoms with Crippen LogP contribution in [0.5, 0.6) is 0 Å². The summed E-state index contributed by atoms with van der Waals surface area (Å²) in [4.78, 5) is 22.1. The molecule has 7 nitrogen and oxygen atoms in total. The van der Waals surface area contributed by atoms with E-state index in [0.29, 0.717) is 0 Å². The van der Waals surface area contributed by atoms with E-state index in [0.717, 1.165) is 18.2 Å². The van der Waals surface area contributed by atoms with Crippen molar-refractivity contribution < 1.29 is 22.9 Å². The Hall–Kier alpha value is -3.88. The molecule has 9 heteroatoms. The molecule has 1 aromatic heterocycles. The largest absolute Gasteiger partial charge is 0.455 e. The summed E-state index contributed by atoms with van der Waals surface area (Å²) in [6.07, 6.45) is 1.18. The van der Waals surface area contributed by atoms with E-state index in [1.165, 1.54) is 42.6 Å². The molecule has 0 aliphatic carbocycles. The van der Waals surface area contributed by atoms with Gasteiger partial charge < -0.3 is 4.42 Å². The number of nitro benzene ring substituents is 1. The molecule has 1 heterocycles. The van der Waals surface area contributed by atoms with E-state index in [9.17, 15) is 23.7 Å². The van der Waals surface area contributed by atoms with Crippen LogP contribution in [0.1, 0.15) is 16.1 Å². The van der Waals surface area contributed by atoms with Gasteiger partial charge in [0.15, 0.2) is 0 Å². The first-order chi connectivity index (χ1) is 12.9. The van der Waals surface area contributed by atoms with Crippen molar-refractivity contribution in [3.8, 4) is 11.3 Å². The van der Waals surface area contributed by atoms with Crippen LogP contribution in [-0.4, -0.2) is 17.0 Å². The van der Waals surface area contributed by atoms with Crippen molar-refractivity contribution in [3.63, 3.8) is 0 Å². The smallest absolute Gasteiger partial charge is 0.271 e. The zero-order valence-corrected chi connectivity index (χ0v) is 13.6. The molecule has 3 aromatic rings. The van der Waals surface area contributed by atoms with E-state index in [1.54, 1.807) is 0 Å². The number of non-ortho nitro benzene ring substituents is 1. The van der Waals surface area contributed by atoms with Gasteiger partial charge >= 0.3 is 0 Å². The molecule has 0 radical (unpaired) electrons. The van der Waals surface area contributed by atoms with Crippen LogP contribution in [0, 0.1) is 21.7 Å². The van der Waals surface area contributed by atoms with Gasteiger partial charge in [-0.15, -0.1) is 0 Å². The number of benzene rings is 2. The third-order valence-electron chi connectivity index (χ3n) is 3.50. The van der Waals surface area contributed by atoms with Crippen molar-refractivity contribution in [2.75, 3.05) is 0 Å². The minimum Gasteiger partial charge on any atom is -0.455 e. The first kappa shape index (κ1) is 17.9. The van der Waals surface area contributed by atoms with Gasteiger partial charge in [0.2, 0.25) is 0 Å². The number of halogens is 2. The van der Waals surface area contributed by atoms with E-state index in [-0.39, 0.29) is 28.3 Å². The summed E-state index contributed by atoms with van der Waals surface area (Å²) < 4.78 is 32.1. The molecule has 1 N–H and O–H groups in total. The van der Waals surface area contributed by atoms with Crippen molar-refractivity contribution >= 4 is 17.8 Å². The molecule has 27 heavy (non-hydrogen) atoms. The number of rotatable bonds is 5. The predicted molar refractivity (Wildman–Crippen MR) is 92.2 cm³/mol. The molecule has 0 bridgehead atoms. The Labute approximate surface area is 151 Å². The highest BCUT2D eigenvalue weighted by molar-refractivity contribution is 5.95. The Bertz CT molecular complexity index is 1050. The van der Waals surface area contributed by atoms with Crippen LogP contribution in [0.2, 0.25) is 0 Å². The van der Waals surface area contributed by atoms with Gasteiger partial charge in [-0.2, -0.15) is 5.10 Å². The third kappa shape index (κ3) is 4.21. The van der Waals surface area contributed by atoms with Crippen molar-refractivity contribution in [1.82, 2.24) is 5.43 Å². The molecule has 0 saturated carbocycles. The summed E-state index contributed by atoms with van der Waals surface area (Å²) in [5, 5.41) is 14.4. The second-order valence-corrected chi connectivity index (χ2v) is 5.33. The van der Waals surface area contributed by atoms with Gasteiger partial charge in [-0.3, -0.25) is 14.9 Å². The Kier molecular flexibility index (Phi) is 5.02. The zero-order chi connectivity index (χ0) is 19.4. The lowest BCUT2D eigenvalue weighted by atomic mass is 10.1. The highest BCUT2D eigenvalue weighted by Gasteiger charge is 2.12. The second-order valence-electron chi connectivity index (χ2n) is 5.33. The lowest BCUT2D eigenvalue weighted by Gasteiger charge is -2.00. The Morgan fingerprint density at radius 3 is 2.70 bits per heavy atom. The van der Waals surface area contributed by atoms with Crippen LogP contribution in [-0.2, 0) is 0 Å². The number of nitrogens with zero attached hydrogens (tertiary/aromatic N) is 2. The molecule has 0 unspecified atom stereocenters. The highest BCUT2D eigenvalue weighted by atomic mass is 19.1. The lowest BCUT2D eigenvalue weighted by Crippen LogP contribution is -2.17. The molecule has 2 aromatic carbocycles. The average Bonchev–Trinajstić information content (AvgIpc) is 3.10. The van der Waals surface area contributed by atoms with Gasteiger partial charge in [-0.1, -0.05) is 6.07 Å². The molecule has 0 spiro atoms. The van der Waals surface area contributed by atoms with E-state index in [4.69, 9.17) is 4.42 Å². The fourth-order valence-corrected chi connectivity index (χ4v) is 2.24. The number of nitro groups is 1. The molecule has 1 amide bonds. The number of amides is 1. The summed E-state index contributed by atoms with van der Waals surface area (Å²) in [6.45, 7) is 0. The Morgan fingerprint density at radius 2 is 1.96 bits per heavy atom. The van der Waals surface area contributed by atoms with Gasteiger partial charge in [0.05, 0.1) is 16.7 Å². The summed E-state index contributed by atoms with van der Waals surface area (Å²) in [5.74, 6) is -1.74. The minimum absolute atomic E-state index is 0.0647. The predicted octanol–water partition coefficient (Wildman–Crippen LogP) is 3.90. The van der Waals surface area contributed by atoms with Gasteiger partial charge in [-0.05, 0) is 30.3 Å². The molecule has 0 aliphatic heterocycles. The van der Waals surface area contributed by atoms with E-state index >= 15 is 0 Å². The van der Waals surface area contributed by atoms with Crippen molar-refractivity contribution in [3.05, 3.63) is 87.7 Å². The van der Waals surface area contributed by atoms with Crippen molar-refractivity contribution in [1.29, 1.82) is 0 Å². The lowest BCUT2D eigenvalue weighted by molar-refractivity contribution is -0.384. The molecular formula is C18H11F2N3O4. The zero-order valence-electron chi connectivity index (χ0n) is 13.6. The number of hydrogen-bond donors (Lipinski definition) is 1. The van der Waals surface area contributed by atoms with Crippen LogP contribution in [0.25, 0.3) is 11.3 Å². The van der Waals surface area contributed by atoms with Crippen LogP contribution in [0.3, 0.4) is 0 Å². The normalized spacial score (nSPS) is 10.9. The van der Waals surface area contributed by atoms with Crippen molar-refractivity contribution in [2.45, 2.75) is 0 Å². The summed E-state index contributed by atoms with van der Waals surface area (Å²) in [6, 6.07) is 11.2. The van der Waals surface area contributed by atoms with Crippen LogP contribution >= 0.6 is 0 Å². The maximum Gasteiger partial charge on any atom is 0.271 e. The number of carbonyl (C=O) groups excluding carboxylic acids is 1. The molecule has 0 saturated heterocycles. The standard InChI is InChI=1S/C18H11F2N3O4/c19-12-4-6-15(16(20)9-12)17-7-5-14(27-17)10-21-22-18(24)11-2-1-3-13(8-11)23(25)26/h1-10H,(H,22,24)/b21-10-. The fourth-order valence-electron chi connectivity index (χ4n) is 2.24. The van der Waals surface area contributed by atoms with Gasteiger partial charge in [0, 0.05) is 23.8 Å². The van der Waals surface area contributed by atoms with Crippen LogP contribution in [0.15, 0.2) is 64.1 Å². The minimum atomic E-state index is -0.771. The topological polar surface area (TPSA) is 97.7 Å². The van der Waals surface area contributed by atoms with E-state index in [1.807, 2.05) is 0 Å². The first-order valence-electron chi connectivity index (χ1n) is 7.57. The summed E-state index contributed by atoms with van der Waals surface area (Å²) >= 11 is 0. The number of nitrogens with one attached hydrogen (secondary N) is 1. The molecule has 3 rings (SSSR count). The van der Waals surface area contributed by atoms with E-state index < -0.39 is 22.5 Å². The summed E-state index contributed by atoms with van der Waals surface area (Å²) in [7, 11) is 0. The number of carbonyl (C=O) groups is 1. The van der Waals surface area contributed by atoms with Gasteiger partial charge in [0.1, 0.15) is 23.2 Å². The Balaban J connectivity index is 1.68. The van der Waals surface area contributed by atoms with Crippen LogP contribution in [0.4, 0.5) is 14.5 Å². The average molecular weight is 371 g/mol. The number of furan rings is 1. The fraction of sp³-hybridized carbons (Fsp3) is 0. The van der Waals surface area contributed by atoms with E-state index in [2.05, 4.69) is 10.5 Å². The maximum atomic E-state index is 13.7. The van der Waals surface area contributed by atoms with Gasteiger partial charge in [0.25, 0.3) is 11.6 Å². The number of hydrazone groups is 1. The molecule has 136 valence electrons. The molecular weight excluding hydrogens is 360 g/mol. The second kappa shape index (κ2) is 7.56. The summed E-state index contributed by atoms with van der Waals surface area (Å²) in [5.41, 5.74) is 2.13. The maximum absolute atomic E-state index is 13.7. The number of hydrogen-bond acceptors (Lipinski definition) is 5. The highest BCUT2D eigenvalue weighted by Crippen LogP contribution is 2.25. The van der Waals surface area contributed by atoms with Gasteiger partial charge in [-0.25, -0.2) is 14.2 Å². The molecule has 0 fully saturated rings. The molecule has 0 atom stereocenters. The monoisotopic (exact) mass is 371 g/mol. The molecule has 0 aliphatic rings. The van der Waals surface area contributed by atoms with Crippen molar-refractivity contribution in [2.24, 2.45) is 5.10 Å². The SMILES string of the molecule is O=C(N/N=C\c1ccc(-c2ccc(F)cc2F)o1)c1cccc([N+](=O)[O-])c1. The first-order valence-corrected chi connectivity index (χ1v) is 7.57. The quantitative estimate of drug-likeness (QED) is 0.418. The third-order valence-corrected chi connectivity index (χ3v) is 3.50. The Morgan fingerprint density at radius 1 is 1.15 bits per heavy atom. The van der Waals surface area contributed by atoms with Crippen LogP contribution < -0.4 is 5.43 Å².